The molecule has 3 nitrogen and oxygen atoms in total. The van der Waals surface area contributed by atoms with Crippen molar-refractivity contribution in [2.24, 2.45) is 0 Å². The summed E-state index contributed by atoms with van der Waals surface area (Å²) in [5.74, 6) is 0.825. The average Bonchev–Trinajstić information content (AvgIpc) is 2.58. The molecule has 0 saturated carbocycles. The van der Waals surface area contributed by atoms with Crippen molar-refractivity contribution < 1.29 is 4.74 Å². The summed E-state index contributed by atoms with van der Waals surface area (Å²) in [6.45, 7) is 1.94. The molecule has 0 radical (unpaired) electrons. The molecule has 116 valence electrons. The molecule has 0 spiro atoms. The Balaban J connectivity index is 2.10. The van der Waals surface area contributed by atoms with Gasteiger partial charge in [0.2, 0.25) is 0 Å². The largest absolute Gasteiger partial charge is 0.497 e. The fraction of sp³-hybridized carbons (Fsp3) is 0.105. The van der Waals surface area contributed by atoms with Gasteiger partial charge in [-0.1, -0.05) is 40.2 Å². The van der Waals surface area contributed by atoms with Crippen molar-refractivity contribution in [3.05, 3.63) is 64.8 Å². The first kappa shape index (κ1) is 15.6. The number of ether oxygens (including phenoxy) is 1. The van der Waals surface area contributed by atoms with E-state index in [4.69, 9.17) is 10.5 Å². The van der Waals surface area contributed by atoms with Crippen LogP contribution in [-0.4, -0.2) is 12.1 Å². The van der Waals surface area contributed by atoms with Crippen molar-refractivity contribution >= 4 is 21.6 Å². The Labute approximate surface area is 144 Å². The van der Waals surface area contributed by atoms with Crippen molar-refractivity contribution in [3.8, 4) is 28.1 Å². The lowest BCUT2D eigenvalue weighted by molar-refractivity contribution is 0.415. The van der Waals surface area contributed by atoms with E-state index >= 15 is 0 Å². The Morgan fingerprint density at radius 2 is 1.57 bits per heavy atom. The van der Waals surface area contributed by atoms with E-state index in [1.54, 1.807) is 7.11 Å². The van der Waals surface area contributed by atoms with Crippen LogP contribution in [0.15, 0.2) is 59.1 Å². The van der Waals surface area contributed by atoms with Gasteiger partial charge in [0.15, 0.2) is 0 Å². The molecule has 2 N–H and O–H groups in total. The second-order valence-corrected chi connectivity index (χ2v) is 6.21. The molecule has 0 amide bonds. The Kier molecular flexibility index (Phi) is 4.35. The van der Waals surface area contributed by atoms with Crippen molar-refractivity contribution in [1.82, 2.24) is 4.98 Å². The van der Waals surface area contributed by atoms with E-state index < -0.39 is 0 Å². The van der Waals surface area contributed by atoms with Crippen molar-refractivity contribution in [3.63, 3.8) is 0 Å². The third-order valence-electron chi connectivity index (χ3n) is 3.79. The highest BCUT2D eigenvalue weighted by Gasteiger charge is 2.10. The summed E-state index contributed by atoms with van der Waals surface area (Å²) in [5.41, 5.74) is 11.8. The smallest absolute Gasteiger partial charge is 0.118 e. The summed E-state index contributed by atoms with van der Waals surface area (Å²) in [6, 6.07) is 18.0. The van der Waals surface area contributed by atoms with E-state index in [1.165, 1.54) is 0 Å². The Morgan fingerprint density at radius 3 is 2.17 bits per heavy atom. The number of rotatable bonds is 3. The highest BCUT2D eigenvalue weighted by Crippen LogP contribution is 2.33. The number of hydrogen-bond acceptors (Lipinski definition) is 3. The number of aryl methyl sites for hydroxylation is 1. The predicted octanol–water partition coefficient (Wildman–Crippen LogP) is 5.08. The molecule has 3 rings (SSSR count). The molecule has 0 aliphatic carbocycles. The molecule has 1 aromatic heterocycles. The van der Waals surface area contributed by atoms with Gasteiger partial charge < -0.3 is 10.5 Å². The van der Waals surface area contributed by atoms with E-state index in [2.05, 4.69) is 20.9 Å². The first-order chi connectivity index (χ1) is 11.1. The molecule has 0 atom stereocenters. The summed E-state index contributed by atoms with van der Waals surface area (Å²) in [5, 5.41) is 0. The van der Waals surface area contributed by atoms with E-state index in [9.17, 15) is 0 Å². The van der Waals surface area contributed by atoms with Crippen LogP contribution in [0.3, 0.4) is 0 Å². The van der Waals surface area contributed by atoms with Crippen LogP contribution in [0.1, 0.15) is 5.69 Å². The highest BCUT2D eigenvalue weighted by molar-refractivity contribution is 9.10. The lowest BCUT2D eigenvalue weighted by Crippen LogP contribution is -1.99. The zero-order chi connectivity index (χ0) is 16.4. The quantitative estimate of drug-likeness (QED) is 0.701. The molecular formula is C19H17BrN2O. The molecular weight excluding hydrogens is 352 g/mol. The van der Waals surface area contributed by atoms with E-state index in [-0.39, 0.29) is 0 Å². The van der Waals surface area contributed by atoms with Gasteiger partial charge in [-0.15, -0.1) is 0 Å². The maximum Gasteiger partial charge on any atom is 0.118 e. The molecule has 0 aliphatic rings. The number of aromatic nitrogens is 1. The predicted molar refractivity (Wildman–Crippen MR) is 98.5 cm³/mol. The number of pyridine rings is 1. The van der Waals surface area contributed by atoms with E-state index in [1.807, 2.05) is 61.5 Å². The fourth-order valence-corrected chi connectivity index (χ4v) is 2.72. The minimum absolute atomic E-state index is 0.705. The number of anilines is 1. The summed E-state index contributed by atoms with van der Waals surface area (Å²) in [7, 11) is 1.66. The molecule has 3 aromatic rings. The van der Waals surface area contributed by atoms with Crippen LogP contribution in [0.25, 0.3) is 22.4 Å². The maximum atomic E-state index is 6.26. The van der Waals surface area contributed by atoms with E-state index in [0.29, 0.717) is 5.69 Å². The van der Waals surface area contributed by atoms with Crippen molar-refractivity contribution in [1.29, 1.82) is 0 Å². The van der Waals surface area contributed by atoms with E-state index in [0.717, 1.165) is 38.3 Å². The highest BCUT2D eigenvalue weighted by atomic mass is 79.9. The summed E-state index contributed by atoms with van der Waals surface area (Å²) >= 11 is 3.46. The molecule has 2 aromatic carbocycles. The van der Waals surface area contributed by atoms with Crippen LogP contribution in [0.2, 0.25) is 0 Å². The maximum absolute atomic E-state index is 6.26. The first-order valence-electron chi connectivity index (χ1n) is 7.26. The molecule has 4 heteroatoms. The summed E-state index contributed by atoms with van der Waals surface area (Å²) < 4.78 is 6.26. The molecule has 0 bridgehead atoms. The number of hydrogen-bond donors (Lipinski definition) is 1. The standard InChI is InChI=1S/C19H17BrN2O/c1-12-19(21)17(13-5-9-16(23-2)10-6-13)11-18(22-12)14-3-7-15(20)8-4-14/h3-11H,21H2,1-2H3. The van der Waals surface area contributed by atoms with Gasteiger partial charge in [0, 0.05) is 15.6 Å². The third-order valence-corrected chi connectivity index (χ3v) is 4.32. The molecule has 0 saturated heterocycles. The van der Waals surface area contributed by atoms with Gasteiger partial charge in [0.05, 0.1) is 24.2 Å². The molecule has 1 heterocycles. The Bertz CT molecular complexity index is 827. The van der Waals surface area contributed by atoms with Crippen LogP contribution >= 0.6 is 15.9 Å². The van der Waals surface area contributed by atoms with Crippen LogP contribution in [0, 0.1) is 6.92 Å². The lowest BCUT2D eigenvalue weighted by Gasteiger charge is -2.12. The second kappa shape index (κ2) is 6.42. The van der Waals surface area contributed by atoms with Gasteiger partial charge in [-0.05, 0) is 42.8 Å². The Hall–Kier alpha value is -2.33. The lowest BCUT2D eigenvalue weighted by atomic mass is 10.0. The van der Waals surface area contributed by atoms with Gasteiger partial charge in [0.25, 0.3) is 0 Å². The van der Waals surface area contributed by atoms with Gasteiger partial charge in [-0.2, -0.15) is 0 Å². The SMILES string of the molecule is COc1ccc(-c2cc(-c3ccc(Br)cc3)nc(C)c2N)cc1. The number of benzene rings is 2. The minimum atomic E-state index is 0.705. The zero-order valence-corrected chi connectivity index (χ0v) is 14.6. The van der Waals surface area contributed by atoms with Crippen molar-refractivity contribution in [2.45, 2.75) is 6.92 Å². The molecule has 0 unspecified atom stereocenters. The monoisotopic (exact) mass is 368 g/mol. The Morgan fingerprint density at radius 1 is 0.957 bits per heavy atom. The van der Waals surface area contributed by atoms with Crippen LogP contribution in [0.4, 0.5) is 5.69 Å². The average molecular weight is 369 g/mol. The summed E-state index contributed by atoms with van der Waals surface area (Å²) in [6.07, 6.45) is 0. The second-order valence-electron chi connectivity index (χ2n) is 5.29. The number of methoxy groups -OCH3 is 1. The normalized spacial score (nSPS) is 10.6. The molecule has 23 heavy (non-hydrogen) atoms. The topological polar surface area (TPSA) is 48.1 Å². The number of nitrogens with zero attached hydrogens (tertiary/aromatic N) is 1. The van der Waals surface area contributed by atoms with Gasteiger partial charge >= 0.3 is 0 Å². The fourth-order valence-electron chi connectivity index (χ4n) is 2.46. The van der Waals surface area contributed by atoms with Gasteiger partial charge in [0.1, 0.15) is 5.75 Å². The number of halogens is 1. The minimum Gasteiger partial charge on any atom is -0.497 e. The van der Waals surface area contributed by atoms with Crippen LogP contribution < -0.4 is 10.5 Å². The van der Waals surface area contributed by atoms with Crippen molar-refractivity contribution in [2.75, 3.05) is 12.8 Å². The number of nitrogen functional groups attached to an aromatic ring is 1. The zero-order valence-electron chi connectivity index (χ0n) is 13.0. The van der Waals surface area contributed by atoms with Gasteiger partial charge in [-0.25, -0.2) is 0 Å². The molecule has 0 aliphatic heterocycles. The van der Waals surface area contributed by atoms with Crippen LogP contribution in [-0.2, 0) is 0 Å². The molecule has 0 fully saturated rings. The summed E-state index contributed by atoms with van der Waals surface area (Å²) in [4.78, 5) is 4.63. The van der Waals surface area contributed by atoms with Gasteiger partial charge in [-0.3, -0.25) is 4.98 Å². The first-order valence-corrected chi connectivity index (χ1v) is 8.05. The number of nitrogens with two attached hydrogens (primary N) is 1. The third kappa shape index (κ3) is 3.22. The van der Waals surface area contributed by atoms with Crippen LogP contribution in [0.5, 0.6) is 5.75 Å².